The number of hydrogen-bond donors (Lipinski definition) is 1. The molecule has 8 nitrogen and oxygen atoms in total. The van der Waals surface area contributed by atoms with Crippen LogP contribution in [0.15, 0.2) is 60.8 Å². The number of anilines is 2. The highest BCUT2D eigenvalue weighted by atomic mass is 16.5. The Kier molecular flexibility index (Phi) is 6.76. The Morgan fingerprint density at radius 3 is 2.79 bits per heavy atom. The van der Waals surface area contributed by atoms with Crippen molar-refractivity contribution in [2.24, 2.45) is 0 Å². The molecule has 1 saturated heterocycles. The van der Waals surface area contributed by atoms with Gasteiger partial charge in [-0.05, 0) is 42.5 Å². The van der Waals surface area contributed by atoms with Gasteiger partial charge in [-0.15, -0.1) is 0 Å². The van der Waals surface area contributed by atoms with Gasteiger partial charge in [0.1, 0.15) is 12.4 Å². The molecule has 0 unspecified atom stereocenters. The van der Waals surface area contributed by atoms with Crippen molar-refractivity contribution in [3.63, 3.8) is 0 Å². The summed E-state index contributed by atoms with van der Waals surface area (Å²) in [6.45, 7) is 6.45. The van der Waals surface area contributed by atoms with Crippen molar-refractivity contribution in [1.82, 2.24) is 20.3 Å². The zero-order chi connectivity index (χ0) is 25.9. The van der Waals surface area contributed by atoms with Gasteiger partial charge in [-0.2, -0.15) is 15.2 Å². The number of aryl methyl sites for hydroxylation is 1. The van der Waals surface area contributed by atoms with Gasteiger partial charge in [0, 0.05) is 55.1 Å². The smallest absolute Gasteiger partial charge is 0.319 e. The van der Waals surface area contributed by atoms with E-state index in [1.54, 1.807) is 6.20 Å². The Bertz CT molecular complexity index is 1480. The lowest BCUT2D eigenvalue weighted by Crippen LogP contribution is -2.51. The fraction of sp³-hybridized carbons (Fsp3) is 0.333. The van der Waals surface area contributed by atoms with Crippen molar-refractivity contribution in [3.05, 3.63) is 83.3 Å². The van der Waals surface area contributed by atoms with Crippen LogP contribution in [0.2, 0.25) is 0 Å². The molecule has 6 rings (SSSR count). The van der Waals surface area contributed by atoms with Gasteiger partial charge in [0.05, 0.1) is 30.4 Å². The van der Waals surface area contributed by atoms with Crippen LogP contribution in [0.1, 0.15) is 28.9 Å². The van der Waals surface area contributed by atoms with E-state index >= 15 is 0 Å². The number of hydrogen-bond acceptors (Lipinski definition) is 8. The highest BCUT2D eigenvalue weighted by Crippen LogP contribution is 2.35. The van der Waals surface area contributed by atoms with Crippen molar-refractivity contribution in [1.29, 1.82) is 5.26 Å². The first kappa shape index (κ1) is 24.1. The van der Waals surface area contributed by atoms with Crippen molar-refractivity contribution in [2.75, 3.05) is 36.0 Å². The zero-order valence-corrected chi connectivity index (χ0v) is 21.6. The summed E-state index contributed by atoms with van der Waals surface area (Å²) in [5, 5.41) is 15.3. The third-order valence-electron chi connectivity index (χ3n) is 7.42. The summed E-state index contributed by atoms with van der Waals surface area (Å²) in [7, 11) is 0. The van der Waals surface area contributed by atoms with Gasteiger partial charge in [-0.25, -0.2) is 0 Å². The summed E-state index contributed by atoms with van der Waals surface area (Å²) < 4.78 is 6.10. The van der Waals surface area contributed by atoms with Crippen LogP contribution >= 0.6 is 0 Å². The Balaban J connectivity index is 1.35. The molecule has 8 heteroatoms. The van der Waals surface area contributed by atoms with E-state index in [0.29, 0.717) is 25.6 Å². The highest BCUT2D eigenvalue weighted by molar-refractivity contribution is 5.97. The molecule has 1 atom stereocenters. The molecule has 4 aromatic rings. The minimum absolute atomic E-state index is 0.121. The van der Waals surface area contributed by atoms with Crippen molar-refractivity contribution in [2.45, 2.75) is 39.0 Å². The lowest BCUT2D eigenvalue weighted by molar-refractivity contribution is 0.274. The number of aromatic nitrogens is 3. The van der Waals surface area contributed by atoms with Crippen LogP contribution in [0.4, 0.5) is 11.5 Å². The maximum Gasteiger partial charge on any atom is 0.319 e. The molecule has 2 aliphatic heterocycles. The molecule has 1 fully saturated rings. The third kappa shape index (κ3) is 4.85. The normalized spacial score (nSPS) is 17.2. The van der Waals surface area contributed by atoms with Gasteiger partial charge in [0.25, 0.3) is 0 Å². The maximum absolute atomic E-state index is 9.26. The van der Waals surface area contributed by atoms with Crippen LogP contribution in [-0.4, -0.2) is 47.2 Å². The fourth-order valence-corrected chi connectivity index (χ4v) is 5.58. The van der Waals surface area contributed by atoms with E-state index in [-0.39, 0.29) is 6.04 Å². The molecular weight excluding hydrogens is 474 g/mol. The highest BCUT2D eigenvalue weighted by Gasteiger charge is 2.29. The molecule has 1 N–H and O–H groups in total. The monoisotopic (exact) mass is 505 g/mol. The number of ether oxygens (including phenoxy) is 1. The van der Waals surface area contributed by atoms with Crippen LogP contribution < -0.4 is 19.9 Å². The average Bonchev–Trinajstić information content (AvgIpc) is 2.96. The fourth-order valence-electron chi connectivity index (χ4n) is 5.58. The molecule has 0 amide bonds. The Hall–Kier alpha value is -4.22. The van der Waals surface area contributed by atoms with Crippen molar-refractivity contribution < 1.29 is 4.74 Å². The summed E-state index contributed by atoms with van der Waals surface area (Å²) in [6.07, 6.45) is 3.08. The van der Waals surface area contributed by atoms with Crippen LogP contribution in [0.25, 0.3) is 10.8 Å². The topological polar surface area (TPSA) is 90.2 Å². The molecule has 0 bridgehead atoms. The van der Waals surface area contributed by atoms with Gasteiger partial charge in [0.15, 0.2) is 0 Å². The van der Waals surface area contributed by atoms with E-state index in [9.17, 15) is 5.26 Å². The number of nitrogens with one attached hydrogen (secondary N) is 1. The van der Waals surface area contributed by atoms with Gasteiger partial charge < -0.3 is 19.9 Å². The molecule has 0 radical (unpaired) electrons. The van der Waals surface area contributed by atoms with Crippen LogP contribution in [0, 0.1) is 18.3 Å². The van der Waals surface area contributed by atoms with Crippen molar-refractivity contribution in [3.8, 4) is 12.1 Å². The Morgan fingerprint density at radius 1 is 1.05 bits per heavy atom. The largest absolute Gasteiger partial charge is 0.457 e. The molecule has 2 aromatic carbocycles. The number of fused-ring (bicyclic) bond motifs is 2. The maximum atomic E-state index is 9.26. The average molecular weight is 506 g/mol. The van der Waals surface area contributed by atoms with E-state index in [0.717, 1.165) is 49.8 Å². The molecule has 38 heavy (non-hydrogen) atoms. The first-order valence-corrected chi connectivity index (χ1v) is 13.2. The first-order valence-electron chi connectivity index (χ1n) is 13.2. The van der Waals surface area contributed by atoms with E-state index < -0.39 is 0 Å². The van der Waals surface area contributed by atoms with Gasteiger partial charge in [-0.1, -0.05) is 36.4 Å². The standard InChI is InChI=1S/C30H31N7O/c1-21-6-4-7-22-8-5-10-27(28(21)22)36-16-12-25-26(19-36)34-30(38-20-24-9-2-3-14-32-24)35-29(25)37-17-15-33-23(18-37)11-13-31/h2-10,14,23,33H,11-12,15-20H2,1H3/t23-/m0/s1. The summed E-state index contributed by atoms with van der Waals surface area (Å²) in [5.41, 5.74) is 5.52. The number of rotatable bonds is 6. The second kappa shape index (κ2) is 10.6. The Morgan fingerprint density at radius 2 is 1.95 bits per heavy atom. The second-order valence-electron chi connectivity index (χ2n) is 9.95. The summed E-state index contributed by atoms with van der Waals surface area (Å²) in [4.78, 5) is 18.9. The molecular formula is C30H31N7O. The van der Waals surface area contributed by atoms with Crippen molar-refractivity contribution >= 4 is 22.3 Å². The summed E-state index contributed by atoms with van der Waals surface area (Å²) in [6, 6.07) is 21.6. The lowest BCUT2D eigenvalue weighted by atomic mass is 9.99. The molecule has 0 saturated carbocycles. The lowest BCUT2D eigenvalue weighted by Gasteiger charge is -2.37. The third-order valence-corrected chi connectivity index (χ3v) is 7.42. The molecule has 4 heterocycles. The quantitative estimate of drug-likeness (QED) is 0.418. The predicted octanol–water partition coefficient (Wildman–Crippen LogP) is 4.17. The first-order chi connectivity index (χ1) is 18.7. The van der Waals surface area contributed by atoms with Gasteiger partial charge in [-0.3, -0.25) is 4.98 Å². The summed E-state index contributed by atoms with van der Waals surface area (Å²) in [5.74, 6) is 0.934. The minimum Gasteiger partial charge on any atom is -0.457 e. The number of pyridine rings is 1. The molecule has 2 aliphatic rings. The molecule has 0 aliphatic carbocycles. The number of nitrogens with zero attached hydrogens (tertiary/aromatic N) is 6. The van der Waals surface area contributed by atoms with E-state index in [4.69, 9.17) is 14.7 Å². The molecule has 0 spiro atoms. The minimum atomic E-state index is 0.121. The van der Waals surface area contributed by atoms with Crippen LogP contribution in [0.5, 0.6) is 6.01 Å². The number of piperazine rings is 1. The SMILES string of the molecule is Cc1cccc2cccc(N3CCc4c(nc(OCc5ccccn5)nc4N4CCN[C@@H](CC#N)C4)C3)c12. The number of nitriles is 1. The molecule has 2 aromatic heterocycles. The van der Waals surface area contributed by atoms with Gasteiger partial charge in [0.2, 0.25) is 0 Å². The van der Waals surface area contributed by atoms with Crippen LogP contribution in [-0.2, 0) is 19.6 Å². The Labute approximate surface area is 222 Å². The van der Waals surface area contributed by atoms with Gasteiger partial charge >= 0.3 is 6.01 Å². The van der Waals surface area contributed by atoms with Crippen LogP contribution in [0.3, 0.4) is 0 Å². The van der Waals surface area contributed by atoms with E-state index in [1.807, 2.05) is 18.2 Å². The van der Waals surface area contributed by atoms with E-state index in [1.165, 1.54) is 27.6 Å². The molecule has 192 valence electrons. The summed E-state index contributed by atoms with van der Waals surface area (Å²) >= 11 is 0. The predicted molar refractivity (Wildman–Crippen MR) is 148 cm³/mol. The zero-order valence-electron chi connectivity index (χ0n) is 21.6. The second-order valence-corrected chi connectivity index (χ2v) is 9.95. The van der Waals surface area contributed by atoms with E-state index in [2.05, 4.69) is 69.5 Å². The number of benzene rings is 2.